The van der Waals surface area contributed by atoms with E-state index in [2.05, 4.69) is 30.4 Å². The predicted molar refractivity (Wildman–Crippen MR) is 89.0 cm³/mol. The molecule has 5 heterocycles. The van der Waals surface area contributed by atoms with Crippen molar-refractivity contribution >= 4 is 5.91 Å². The minimum absolute atomic E-state index is 0.176. The second-order valence-electron chi connectivity index (χ2n) is 6.64. The fourth-order valence-corrected chi connectivity index (χ4v) is 3.43. The second-order valence-corrected chi connectivity index (χ2v) is 6.64. The van der Waals surface area contributed by atoms with E-state index in [0.29, 0.717) is 31.4 Å². The summed E-state index contributed by atoms with van der Waals surface area (Å²) in [4.78, 5) is 23.4. The molecule has 0 bridgehead atoms. The number of oxazole rings is 1. The SMILES string of the molecule is O=C(c1nc(-n2cnnc2)n[nH]1)N1CCc2oc(C3CCOCC3)nc2C1. The maximum absolute atomic E-state index is 12.8. The topological polar surface area (TPSA) is 128 Å². The van der Waals surface area contributed by atoms with Gasteiger partial charge in [-0.2, -0.15) is 4.98 Å². The number of ether oxygens (including phenoxy) is 1. The van der Waals surface area contributed by atoms with Crippen LogP contribution >= 0.6 is 0 Å². The Morgan fingerprint density at radius 1 is 1.19 bits per heavy atom. The number of amides is 1. The van der Waals surface area contributed by atoms with Crippen molar-refractivity contribution in [3.63, 3.8) is 0 Å². The number of rotatable bonds is 3. The van der Waals surface area contributed by atoms with Crippen LogP contribution < -0.4 is 0 Å². The van der Waals surface area contributed by atoms with Crippen molar-refractivity contribution in [2.24, 2.45) is 0 Å². The predicted octanol–water partition coefficient (Wildman–Crippen LogP) is 0.466. The van der Waals surface area contributed by atoms with Gasteiger partial charge in [0.2, 0.25) is 5.82 Å². The highest BCUT2D eigenvalue weighted by Gasteiger charge is 2.30. The maximum Gasteiger partial charge on any atom is 0.291 e. The van der Waals surface area contributed by atoms with E-state index in [0.717, 1.165) is 43.4 Å². The molecule has 1 N–H and O–H groups in total. The van der Waals surface area contributed by atoms with E-state index in [4.69, 9.17) is 9.15 Å². The van der Waals surface area contributed by atoms with E-state index < -0.39 is 0 Å². The Labute approximate surface area is 153 Å². The van der Waals surface area contributed by atoms with E-state index >= 15 is 0 Å². The Bertz CT molecular complexity index is 941. The summed E-state index contributed by atoms with van der Waals surface area (Å²) in [6, 6.07) is 0. The summed E-state index contributed by atoms with van der Waals surface area (Å²) in [5.74, 6) is 2.23. The largest absolute Gasteiger partial charge is 0.445 e. The standard InChI is InChI=1S/C16H18N8O3/c25-15(13-20-16(22-21-13)24-8-17-18-9-24)23-4-1-12-11(7-23)19-14(27-12)10-2-5-26-6-3-10/h8-10H,1-7H2,(H,20,21,22). The maximum atomic E-state index is 12.8. The molecule has 11 heteroatoms. The van der Waals surface area contributed by atoms with Crippen molar-refractivity contribution in [2.75, 3.05) is 19.8 Å². The van der Waals surface area contributed by atoms with Crippen LogP contribution in [0.25, 0.3) is 5.95 Å². The number of aromatic amines is 1. The lowest BCUT2D eigenvalue weighted by Gasteiger charge is -2.24. The molecule has 0 aliphatic carbocycles. The molecule has 3 aromatic rings. The molecule has 2 aliphatic rings. The van der Waals surface area contributed by atoms with Crippen LogP contribution in [0.5, 0.6) is 0 Å². The summed E-state index contributed by atoms with van der Waals surface area (Å²) < 4.78 is 12.9. The molecule has 140 valence electrons. The third kappa shape index (κ3) is 2.99. The van der Waals surface area contributed by atoms with E-state index in [1.54, 1.807) is 4.90 Å². The number of hydrogen-bond donors (Lipinski definition) is 1. The van der Waals surface area contributed by atoms with Gasteiger partial charge in [-0.1, -0.05) is 0 Å². The lowest BCUT2D eigenvalue weighted by molar-refractivity contribution is 0.0714. The van der Waals surface area contributed by atoms with Crippen molar-refractivity contribution < 1.29 is 13.9 Å². The van der Waals surface area contributed by atoms with Crippen molar-refractivity contribution in [3.8, 4) is 5.95 Å². The Balaban J connectivity index is 1.31. The molecular formula is C16H18N8O3. The van der Waals surface area contributed by atoms with Crippen molar-refractivity contribution in [1.82, 2.24) is 39.8 Å². The first kappa shape index (κ1) is 16.1. The Hall–Kier alpha value is -3.08. The fourth-order valence-electron chi connectivity index (χ4n) is 3.43. The van der Waals surface area contributed by atoms with Crippen LogP contribution in [0, 0.1) is 0 Å². The molecule has 0 unspecified atom stereocenters. The molecule has 0 aromatic carbocycles. The molecular weight excluding hydrogens is 352 g/mol. The monoisotopic (exact) mass is 370 g/mol. The van der Waals surface area contributed by atoms with Crippen molar-refractivity contribution in [3.05, 3.63) is 35.8 Å². The lowest BCUT2D eigenvalue weighted by Crippen LogP contribution is -2.36. The van der Waals surface area contributed by atoms with E-state index in [9.17, 15) is 4.79 Å². The number of hydrogen-bond acceptors (Lipinski definition) is 8. The van der Waals surface area contributed by atoms with Crippen molar-refractivity contribution in [1.29, 1.82) is 0 Å². The second kappa shape index (κ2) is 6.58. The minimum Gasteiger partial charge on any atom is -0.445 e. The van der Waals surface area contributed by atoms with E-state index in [-0.39, 0.29) is 11.7 Å². The van der Waals surface area contributed by atoms with Gasteiger partial charge in [0.25, 0.3) is 11.9 Å². The smallest absolute Gasteiger partial charge is 0.291 e. The zero-order valence-electron chi connectivity index (χ0n) is 14.5. The van der Waals surface area contributed by atoms with Crippen LogP contribution in [0.3, 0.4) is 0 Å². The summed E-state index contributed by atoms with van der Waals surface area (Å²) in [6.45, 7) is 2.44. The highest BCUT2D eigenvalue weighted by atomic mass is 16.5. The zero-order chi connectivity index (χ0) is 18.2. The molecule has 3 aromatic heterocycles. The van der Waals surface area contributed by atoms with Gasteiger partial charge in [-0.3, -0.25) is 14.5 Å². The molecule has 2 aliphatic heterocycles. The summed E-state index contributed by atoms with van der Waals surface area (Å²) in [5.41, 5.74) is 0.828. The Kier molecular flexibility index (Phi) is 3.93. The van der Waals surface area contributed by atoms with Crippen LogP contribution in [0.1, 0.15) is 46.7 Å². The van der Waals surface area contributed by atoms with E-state index in [1.165, 1.54) is 17.2 Å². The number of fused-ring (bicyclic) bond motifs is 1. The Morgan fingerprint density at radius 3 is 2.81 bits per heavy atom. The molecule has 0 spiro atoms. The molecule has 0 atom stereocenters. The first-order valence-corrected chi connectivity index (χ1v) is 8.91. The summed E-state index contributed by atoms with van der Waals surface area (Å²) >= 11 is 0. The molecule has 1 fully saturated rings. The van der Waals surface area contributed by atoms with Gasteiger partial charge in [0.15, 0.2) is 5.89 Å². The van der Waals surface area contributed by atoms with Gasteiger partial charge < -0.3 is 14.1 Å². The average molecular weight is 370 g/mol. The molecule has 1 amide bonds. The normalized spacial score (nSPS) is 17.9. The quantitative estimate of drug-likeness (QED) is 0.704. The van der Waals surface area contributed by atoms with Gasteiger partial charge in [0, 0.05) is 32.1 Å². The van der Waals surface area contributed by atoms with Crippen LogP contribution in [0.4, 0.5) is 0 Å². The number of nitrogens with one attached hydrogen (secondary N) is 1. The van der Waals surface area contributed by atoms with Crippen LogP contribution in [0.15, 0.2) is 17.1 Å². The molecule has 0 saturated carbocycles. The molecule has 0 radical (unpaired) electrons. The number of carbonyl (C=O) groups is 1. The summed E-state index contributed by atoms with van der Waals surface area (Å²) in [7, 11) is 0. The minimum atomic E-state index is -0.219. The Morgan fingerprint density at radius 2 is 2.00 bits per heavy atom. The van der Waals surface area contributed by atoms with Gasteiger partial charge in [0.1, 0.15) is 24.1 Å². The van der Waals surface area contributed by atoms with E-state index in [1.807, 2.05) is 0 Å². The van der Waals surface area contributed by atoms with Gasteiger partial charge in [-0.15, -0.1) is 15.3 Å². The third-order valence-electron chi connectivity index (χ3n) is 4.93. The van der Waals surface area contributed by atoms with Crippen LogP contribution in [-0.2, 0) is 17.7 Å². The molecule has 5 rings (SSSR count). The number of H-pyrrole nitrogens is 1. The van der Waals surface area contributed by atoms with Gasteiger partial charge in [0.05, 0.1) is 6.54 Å². The first-order valence-electron chi connectivity index (χ1n) is 8.91. The van der Waals surface area contributed by atoms with Gasteiger partial charge >= 0.3 is 0 Å². The molecule has 27 heavy (non-hydrogen) atoms. The lowest BCUT2D eigenvalue weighted by atomic mass is 10.0. The number of aromatic nitrogens is 7. The summed E-state index contributed by atoms with van der Waals surface area (Å²) in [5, 5.41) is 14.1. The highest BCUT2D eigenvalue weighted by molar-refractivity contribution is 5.90. The third-order valence-corrected chi connectivity index (χ3v) is 4.93. The van der Waals surface area contributed by atoms with Crippen LogP contribution in [0.2, 0.25) is 0 Å². The van der Waals surface area contributed by atoms with Gasteiger partial charge in [-0.05, 0) is 12.8 Å². The van der Waals surface area contributed by atoms with Crippen LogP contribution in [-0.4, -0.2) is 65.5 Å². The van der Waals surface area contributed by atoms with Gasteiger partial charge in [-0.25, -0.2) is 4.98 Å². The van der Waals surface area contributed by atoms with Crippen molar-refractivity contribution in [2.45, 2.75) is 31.7 Å². The zero-order valence-corrected chi connectivity index (χ0v) is 14.5. The average Bonchev–Trinajstić information content (AvgIpc) is 3.47. The highest BCUT2D eigenvalue weighted by Crippen LogP contribution is 2.30. The fraction of sp³-hybridized carbons (Fsp3) is 0.500. The first-order chi connectivity index (χ1) is 13.3. The number of carbonyl (C=O) groups excluding carboxylic acids is 1. The molecule has 1 saturated heterocycles. The summed E-state index contributed by atoms with van der Waals surface area (Å²) in [6.07, 6.45) is 5.43. The molecule has 11 nitrogen and oxygen atoms in total. The number of nitrogens with zero attached hydrogens (tertiary/aromatic N) is 7.